The van der Waals surface area contributed by atoms with Crippen LogP contribution in [0.15, 0.2) is 0 Å². The molecule has 0 aromatic heterocycles. The topological polar surface area (TPSA) is 69.6 Å². The third-order valence-corrected chi connectivity index (χ3v) is 3.45. The first-order valence-electron chi connectivity index (χ1n) is 6.14. The zero-order chi connectivity index (χ0) is 12.9. The molecule has 0 atom stereocenters. The molecule has 1 aliphatic rings. The van der Waals surface area contributed by atoms with Gasteiger partial charge in [-0.1, -0.05) is 6.92 Å². The zero-order valence-electron chi connectivity index (χ0n) is 10.7. The Balaban J connectivity index is 2.42. The van der Waals surface area contributed by atoms with Gasteiger partial charge in [-0.15, -0.1) is 0 Å². The monoisotopic (exact) mass is 242 g/mol. The molecule has 1 rings (SSSR count). The van der Waals surface area contributed by atoms with Crippen LogP contribution in [0.3, 0.4) is 0 Å². The van der Waals surface area contributed by atoms with Crippen LogP contribution in [0.4, 0.5) is 0 Å². The normalized spacial score (nSPS) is 18.7. The number of carboxylic acids is 1. The second-order valence-electron chi connectivity index (χ2n) is 5.03. The van der Waals surface area contributed by atoms with Crippen LogP contribution in [-0.4, -0.2) is 48.6 Å². The first-order valence-corrected chi connectivity index (χ1v) is 6.14. The van der Waals surface area contributed by atoms with Crippen molar-refractivity contribution < 1.29 is 14.7 Å². The maximum absolute atomic E-state index is 12.2. The predicted octanol–water partition coefficient (Wildman–Crippen LogP) is 0.699. The summed E-state index contributed by atoms with van der Waals surface area (Å²) < 4.78 is 0. The number of carbonyl (C=O) groups excluding carboxylic acids is 1. The van der Waals surface area contributed by atoms with Crippen molar-refractivity contribution in [2.45, 2.75) is 32.6 Å². The van der Waals surface area contributed by atoms with Crippen LogP contribution in [0.2, 0.25) is 0 Å². The zero-order valence-corrected chi connectivity index (χ0v) is 10.7. The minimum Gasteiger partial charge on any atom is -0.481 e. The SMILES string of the molecule is CN(CCCC(=O)O)C(=O)C1(C)CCNCC1. The summed E-state index contributed by atoms with van der Waals surface area (Å²) in [5.41, 5.74) is -0.275. The van der Waals surface area contributed by atoms with E-state index in [1.165, 1.54) is 0 Å². The Morgan fingerprint density at radius 3 is 2.47 bits per heavy atom. The lowest BCUT2D eigenvalue weighted by molar-refractivity contribution is -0.142. The van der Waals surface area contributed by atoms with Gasteiger partial charge in [0.05, 0.1) is 0 Å². The lowest BCUT2D eigenvalue weighted by Crippen LogP contribution is -2.46. The van der Waals surface area contributed by atoms with Crippen LogP contribution in [0.25, 0.3) is 0 Å². The molecule has 0 aliphatic carbocycles. The number of rotatable bonds is 5. The summed E-state index contributed by atoms with van der Waals surface area (Å²) in [5, 5.41) is 11.8. The van der Waals surface area contributed by atoms with E-state index in [4.69, 9.17) is 5.11 Å². The fourth-order valence-electron chi connectivity index (χ4n) is 2.22. The van der Waals surface area contributed by atoms with E-state index in [1.54, 1.807) is 11.9 Å². The molecule has 1 amide bonds. The van der Waals surface area contributed by atoms with Gasteiger partial charge in [-0.2, -0.15) is 0 Å². The van der Waals surface area contributed by atoms with E-state index >= 15 is 0 Å². The minimum absolute atomic E-state index is 0.121. The highest BCUT2D eigenvalue weighted by molar-refractivity contribution is 5.82. The van der Waals surface area contributed by atoms with Gasteiger partial charge in [-0.3, -0.25) is 9.59 Å². The number of carboxylic acid groups (broad SMARTS) is 1. The van der Waals surface area contributed by atoms with Crippen molar-refractivity contribution in [3.63, 3.8) is 0 Å². The molecule has 0 aromatic carbocycles. The summed E-state index contributed by atoms with van der Waals surface area (Å²) in [6, 6.07) is 0. The van der Waals surface area contributed by atoms with Crippen LogP contribution >= 0.6 is 0 Å². The molecule has 1 aliphatic heterocycles. The lowest BCUT2D eigenvalue weighted by atomic mass is 9.79. The molecular formula is C12H22N2O3. The molecule has 5 heteroatoms. The van der Waals surface area contributed by atoms with E-state index in [1.807, 2.05) is 6.92 Å². The van der Waals surface area contributed by atoms with Gasteiger partial charge in [0.2, 0.25) is 5.91 Å². The van der Waals surface area contributed by atoms with Crippen molar-refractivity contribution in [3.8, 4) is 0 Å². The van der Waals surface area contributed by atoms with E-state index in [0.29, 0.717) is 13.0 Å². The number of piperidine rings is 1. The molecular weight excluding hydrogens is 220 g/mol. The minimum atomic E-state index is -0.807. The van der Waals surface area contributed by atoms with Crippen LogP contribution in [0.5, 0.6) is 0 Å². The van der Waals surface area contributed by atoms with Gasteiger partial charge in [-0.05, 0) is 32.4 Å². The average molecular weight is 242 g/mol. The van der Waals surface area contributed by atoms with Gasteiger partial charge >= 0.3 is 5.97 Å². The Hall–Kier alpha value is -1.10. The molecule has 0 saturated carbocycles. The Kier molecular flexibility index (Phi) is 4.93. The van der Waals surface area contributed by atoms with Crippen molar-refractivity contribution in [1.82, 2.24) is 10.2 Å². The number of amides is 1. The molecule has 0 aromatic rings. The predicted molar refractivity (Wildman–Crippen MR) is 64.7 cm³/mol. The summed E-state index contributed by atoms with van der Waals surface area (Å²) in [5.74, 6) is -0.664. The van der Waals surface area contributed by atoms with Crippen LogP contribution in [-0.2, 0) is 9.59 Å². The highest BCUT2D eigenvalue weighted by Gasteiger charge is 2.36. The third-order valence-electron chi connectivity index (χ3n) is 3.45. The second kappa shape index (κ2) is 6.00. The number of aliphatic carboxylic acids is 1. The molecule has 1 fully saturated rings. The van der Waals surface area contributed by atoms with Crippen molar-refractivity contribution in [2.24, 2.45) is 5.41 Å². The number of carbonyl (C=O) groups is 2. The standard InChI is InChI=1S/C12H22N2O3/c1-12(5-7-13-8-6-12)11(17)14(2)9-3-4-10(15)16/h13H,3-9H2,1-2H3,(H,15,16). The van der Waals surface area contributed by atoms with Gasteiger partial charge in [0, 0.05) is 25.4 Å². The van der Waals surface area contributed by atoms with E-state index in [-0.39, 0.29) is 17.7 Å². The summed E-state index contributed by atoms with van der Waals surface area (Å²) in [6.07, 6.45) is 2.35. The first kappa shape index (κ1) is 14.0. The largest absolute Gasteiger partial charge is 0.481 e. The van der Waals surface area contributed by atoms with Crippen molar-refractivity contribution in [1.29, 1.82) is 0 Å². The second-order valence-corrected chi connectivity index (χ2v) is 5.03. The molecule has 1 heterocycles. The maximum atomic E-state index is 12.2. The van der Waals surface area contributed by atoms with Gasteiger partial charge in [0.15, 0.2) is 0 Å². The molecule has 17 heavy (non-hydrogen) atoms. The Morgan fingerprint density at radius 1 is 1.35 bits per heavy atom. The van der Waals surface area contributed by atoms with Gasteiger partial charge in [-0.25, -0.2) is 0 Å². The van der Waals surface area contributed by atoms with Gasteiger partial charge in [0.1, 0.15) is 0 Å². The van der Waals surface area contributed by atoms with E-state index in [9.17, 15) is 9.59 Å². The molecule has 1 saturated heterocycles. The van der Waals surface area contributed by atoms with Crippen LogP contribution in [0, 0.1) is 5.41 Å². The molecule has 5 nitrogen and oxygen atoms in total. The fourth-order valence-corrected chi connectivity index (χ4v) is 2.22. The Morgan fingerprint density at radius 2 is 1.94 bits per heavy atom. The van der Waals surface area contributed by atoms with Crippen molar-refractivity contribution in [2.75, 3.05) is 26.7 Å². The van der Waals surface area contributed by atoms with Gasteiger partial charge < -0.3 is 15.3 Å². The van der Waals surface area contributed by atoms with Crippen LogP contribution in [0.1, 0.15) is 32.6 Å². The van der Waals surface area contributed by atoms with Crippen LogP contribution < -0.4 is 5.32 Å². The third kappa shape index (κ3) is 4.00. The summed E-state index contributed by atoms with van der Waals surface area (Å²) in [4.78, 5) is 24.3. The maximum Gasteiger partial charge on any atom is 0.303 e. The highest BCUT2D eigenvalue weighted by atomic mass is 16.4. The van der Waals surface area contributed by atoms with E-state index in [0.717, 1.165) is 25.9 Å². The van der Waals surface area contributed by atoms with Crippen molar-refractivity contribution >= 4 is 11.9 Å². The molecule has 0 spiro atoms. The number of nitrogens with zero attached hydrogens (tertiary/aromatic N) is 1. The number of hydrogen-bond donors (Lipinski definition) is 2. The summed E-state index contributed by atoms with van der Waals surface area (Å²) in [7, 11) is 1.76. The van der Waals surface area contributed by atoms with E-state index < -0.39 is 5.97 Å². The molecule has 98 valence electrons. The highest BCUT2D eigenvalue weighted by Crippen LogP contribution is 2.29. The van der Waals surface area contributed by atoms with Gasteiger partial charge in [0.25, 0.3) is 0 Å². The summed E-state index contributed by atoms with van der Waals surface area (Å²) >= 11 is 0. The smallest absolute Gasteiger partial charge is 0.303 e. The Labute approximate surface area is 102 Å². The number of nitrogens with one attached hydrogen (secondary N) is 1. The molecule has 0 unspecified atom stereocenters. The van der Waals surface area contributed by atoms with Crippen molar-refractivity contribution in [3.05, 3.63) is 0 Å². The lowest BCUT2D eigenvalue weighted by Gasteiger charge is -2.36. The fraction of sp³-hybridized carbons (Fsp3) is 0.833. The Bertz CT molecular complexity index is 285. The van der Waals surface area contributed by atoms with E-state index in [2.05, 4.69) is 5.32 Å². The average Bonchev–Trinajstić information content (AvgIpc) is 2.28. The molecule has 0 bridgehead atoms. The molecule has 2 N–H and O–H groups in total. The number of hydrogen-bond acceptors (Lipinski definition) is 3. The summed E-state index contributed by atoms with van der Waals surface area (Å²) in [6.45, 7) is 4.29. The first-order chi connectivity index (χ1) is 7.96. The quantitative estimate of drug-likeness (QED) is 0.744. The molecule has 0 radical (unpaired) electrons.